The van der Waals surface area contributed by atoms with E-state index in [0.717, 1.165) is 73.0 Å². The first-order valence-electron chi connectivity index (χ1n) is 13.1. The maximum atomic E-state index is 11.5. The molecule has 1 aromatic carbocycles. The third-order valence-corrected chi connectivity index (χ3v) is 6.98. The van der Waals surface area contributed by atoms with Gasteiger partial charge in [0.1, 0.15) is 18.2 Å². The summed E-state index contributed by atoms with van der Waals surface area (Å²) in [5, 5.41) is 12.4. The quantitative estimate of drug-likeness (QED) is 0.395. The molecule has 38 heavy (non-hydrogen) atoms. The topological polar surface area (TPSA) is 122 Å². The van der Waals surface area contributed by atoms with Crippen LogP contribution in [0.2, 0.25) is 0 Å². The molecule has 1 aliphatic heterocycles. The number of aryl methyl sites for hydroxylation is 4. The number of carbonyl (C=O) groups is 1. The standard InChI is InChI=1S/C28H39N7O3/c1-19-14-24(15-20(2)25(19)38-13-12-36)31-28-30-16-21(3)26(32-28)35-17-22(4)23(18-35)6-9-33-7-5-8-34(11-10-33)27(29)37/h14-18,36H,5-13H2,1-4H3,(H2,29,37)(H,30,31,32). The maximum absolute atomic E-state index is 11.5. The number of amides is 2. The van der Waals surface area contributed by atoms with Gasteiger partial charge in [0.2, 0.25) is 5.95 Å². The Labute approximate surface area is 224 Å². The van der Waals surface area contributed by atoms with E-state index < -0.39 is 0 Å². The van der Waals surface area contributed by atoms with Crippen molar-refractivity contribution in [3.8, 4) is 11.6 Å². The fourth-order valence-corrected chi connectivity index (χ4v) is 4.96. The van der Waals surface area contributed by atoms with Gasteiger partial charge in [0.25, 0.3) is 0 Å². The number of aliphatic hydroxyl groups excluding tert-OH is 1. The lowest BCUT2D eigenvalue weighted by molar-refractivity contribution is 0.200. The molecule has 2 aromatic heterocycles. The summed E-state index contributed by atoms with van der Waals surface area (Å²) in [5.41, 5.74) is 11.8. The zero-order valence-electron chi connectivity index (χ0n) is 22.8. The van der Waals surface area contributed by atoms with Crippen molar-refractivity contribution in [2.45, 2.75) is 40.5 Å². The zero-order valence-corrected chi connectivity index (χ0v) is 22.8. The number of anilines is 2. The summed E-state index contributed by atoms with van der Waals surface area (Å²) in [4.78, 5) is 25.0. The lowest BCUT2D eigenvalue weighted by atomic mass is 10.1. The van der Waals surface area contributed by atoms with E-state index in [4.69, 9.17) is 20.6 Å². The summed E-state index contributed by atoms with van der Waals surface area (Å²) >= 11 is 0. The molecule has 1 saturated heterocycles. The molecule has 4 rings (SSSR count). The van der Waals surface area contributed by atoms with Crippen LogP contribution in [-0.2, 0) is 6.42 Å². The van der Waals surface area contributed by atoms with Gasteiger partial charge in [-0.05, 0) is 81.5 Å². The molecule has 0 aliphatic carbocycles. The molecule has 1 aliphatic rings. The molecule has 4 N–H and O–H groups in total. The Hall–Kier alpha value is -3.63. The summed E-state index contributed by atoms with van der Waals surface area (Å²) < 4.78 is 7.75. The fraction of sp³-hybridized carbons (Fsp3) is 0.464. The van der Waals surface area contributed by atoms with Crippen molar-refractivity contribution < 1.29 is 14.6 Å². The van der Waals surface area contributed by atoms with E-state index in [0.29, 0.717) is 12.5 Å². The largest absolute Gasteiger partial charge is 0.491 e. The van der Waals surface area contributed by atoms with Crippen LogP contribution in [0.15, 0.2) is 30.7 Å². The summed E-state index contributed by atoms with van der Waals surface area (Å²) in [6.07, 6.45) is 7.97. The van der Waals surface area contributed by atoms with Crippen LogP contribution in [-0.4, -0.2) is 81.4 Å². The van der Waals surface area contributed by atoms with Crippen molar-refractivity contribution in [2.75, 3.05) is 51.3 Å². The van der Waals surface area contributed by atoms with Crippen LogP contribution in [0.4, 0.5) is 16.4 Å². The van der Waals surface area contributed by atoms with Crippen molar-refractivity contribution in [1.29, 1.82) is 0 Å². The summed E-state index contributed by atoms with van der Waals surface area (Å²) in [6.45, 7) is 12.5. The molecule has 10 nitrogen and oxygen atoms in total. The predicted molar refractivity (Wildman–Crippen MR) is 149 cm³/mol. The Balaban J connectivity index is 1.45. The molecule has 0 unspecified atom stereocenters. The second-order valence-corrected chi connectivity index (χ2v) is 9.98. The van der Waals surface area contributed by atoms with E-state index in [1.807, 2.05) is 39.1 Å². The Morgan fingerprint density at radius 1 is 1.05 bits per heavy atom. The van der Waals surface area contributed by atoms with E-state index >= 15 is 0 Å². The smallest absolute Gasteiger partial charge is 0.314 e. The number of nitrogens with two attached hydrogens (primary N) is 1. The van der Waals surface area contributed by atoms with Gasteiger partial charge in [0, 0.05) is 56.0 Å². The van der Waals surface area contributed by atoms with Gasteiger partial charge >= 0.3 is 6.03 Å². The zero-order chi connectivity index (χ0) is 27.2. The molecule has 1 fully saturated rings. The van der Waals surface area contributed by atoms with Crippen LogP contribution < -0.4 is 15.8 Å². The van der Waals surface area contributed by atoms with Crippen LogP contribution in [0.1, 0.15) is 34.2 Å². The number of hydrogen-bond donors (Lipinski definition) is 3. The van der Waals surface area contributed by atoms with Gasteiger partial charge in [-0.25, -0.2) is 9.78 Å². The molecule has 204 valence electrons. The second kappa shape index (κ2) is 12.3. The number of primary amides is 1. The Morgan fingerprint density at radius 3 is 2.53 bits per heavy atom. The highest BCUT2D eigenvalue weighted by Gasteiger charge is 2.18. The summed E-state index contributed by atoms with van der Waals surface area (Å²) in [7, 11) is 0. The van der Waals surface area contributed by atoms with Crippen LogP contribution in [0.3, 0.4) is 0 Å². The summed E-state index contributed by atoms with van der Waals surface area (Å²) in [5.74, 6) is 2.14. The maximum Gasteiger partial charge on any atom is 0.314 e. The molecule has 10 heteroatoms. The van der Waals surface area contributed by atoms with Gasteiger partial charge in [-0.1, -0.05) is 0 Å². The number of rotatable bonds is 9. The number of benzene rings is 1. The molecule has 0 atom stereocenters. The minimum absolute atomic E-state index is 0.0204. The average Bonchev–Trinajstić information content (AvgIpc) is 3.07. The molecule has 0 radical (unpaired) electrons. The normalized spacial score (nSPS) is 14.4. The van der Waals surface area contributed by atoms with Crippen LogP contribution in [0.5, 0.6) is 5.75 Å². The third-order valence-electron chi connectivity index (χ3n) is 6.98. The Kier molecular flexibility index (Phi) is 8.85. The minimum Gasteiger partial charge on any atom is -0.491 e. The first-order valence-corrected chi connectivity index (χ1v) is 13.1. The molecule has 3 heterocycles. The monoisotopic (exact) mass is 521 g/mol. The number of urea groups is 1. The molecular weight excluding hydrogens is 482 g/mol. The highest BCUT2D eigenvalue weighted by molar-refractivity contribution is 5.72. The fourth-order valence-electron chi connectivity index (χ4n) is 4.96. The Bertz CT molecular complexity index is 1250. The van der Waals surface area contributed by atoms with Gasteiger partial charge in [-0.2, -0.15) is 4.98 Å². The van der Waals surface area contributed by atoms with Crippen LogP contribution in [0.25, 0.3) is 5.82 Å². The SMILES string of the molecule is Cc1cn(-c2nc(Nc3cc(C)c(OCCO)c(C)c3)ncc2C)cc1CCN1CCCN(C(N)=O)CC1. The van der Waals surface area contributed by atoms with Gasteiger partial charge < -0.3 is 35.3 Å². The van der Waals surface area contributed by atoms with Crippen molar-refractivity contribution in [2.24, 2.45) is 5.73 Å². The van der Waals surface area contributed by atoms with Gasteiger partial charge in [-0.3, -0.25) is 0 Å². The lowest BCUT2D eigenvalue weighted by Crippen LogP contribution is -2.38. The van der Waals surface area contributed by atoms with Gasteiger partial charge in [0.15, 0.2) is 0 Å². The van der Waals surface area contributed by atoms with E-state index in [9.17, 15) is 4.79 Å². The van der Waals surface area contributed by atoms with Crippen LogP contribution >= 0.6 is 0 Å². The highest BCUT2D eigenvalue weighted by atomic mass is 16.5. The number of hydrogen-bond acceptors (Lipinski definition) is 7. The van der Waals surface area contributed by atoms with E-state index in [-0.39, 0.29) is 19.2 Å². The van der Waals surface area contributed by atoms with Crippen LogP contribution in [0, 0.1) is 27.7 Å². The van der Waals surface area contributed by atoms with Gasteiger partial charge in [0.05, 0.1) is 6.61 Å². The first kappa shape index (κ1) is 27.4. The van der Waals surface area contributed by atoms with Gasteiger partial charge in [-0.15, -0.1) is 0 Å². The second-order valence-electron chi connectivity index (χ2n) is 9.98. The molecule has 2 amide bonds. The van der Waals surface area contributed by atoms with E-state index in [1.54, 1.807) is 4.90 Å². The van der Waals surface area contributed by atoms with E-state index in [2.05, 4.69) is 39.1 Å². The number of nitrogens with zero attached hydrogens (tertiary/aromatic N) is 5. The number of aromatic nitrogens is 3. The van der Waals surface area contributed by atoms with Crippen molar-refractivity contribution in [3.05, 3.63) is 58.5 Å². The van der Waals surface area contributed by atoms with E-state index in [1.165, 1.54) is 11.1 Å². The molecule has 0 bridgehead atoms. The molecule has 0 spiro atoms. The number of aliphatic hydroxyl groups is 1. The van der Waals surface area contributed by atoms with Crippen molar-refractivity contribution in [1.82, 2.24) is 24.3 Å². The third kappa shape index (κ3) is 6.62. The summed E-state index contributed by atoms with van der Waals surface area (Å²) in [6, 6.07) is 3.65. The molecule has 0 saturated carbocycles. The number of ether oxygens (including phenoxy) is 1. The van der Waals surface area contributed by atoms with Crippen molar-refractivity contribution >= 4 is 17.7 Å². The molecular formula is C28H39N7O3. The predicted octanol–water partition coefficient (Wildman–Crippen LogP) is 3.24. The average molecular weight is 522 g/mol. The minimum atomic E-state index is -0.330. The first-order chi connectivity index (χ1) is 18.2. The van der Waals surface area contributed by atoms with Crippen molar-refractivity contribution in [3.63, 3.8) is 0 Å². The number of nitrogens with one attached hydrogen (secondary N) is 1. The Morgan fingerprint density at radius 2 is 1.82 bits per heavy atom. The molecule has 3 aromatic rings. The number of carbonyl (C=O) groups excluding carboxylic acids is 1. The lowest BCUT2D eigenvalue weighted by Gasteiger charge is -2.20. The highest BCUT2D eigenvalue weighted by Crippen LogP contribution is 2.29.